The Kier molecular flexibility index (Phi) is 4.34. The number of halogens is 2. The topological polar surface area (TPSA) is 17.1 Å². The van der Waals surface area contributed by atoms with E-state index in [2.05, 4.69) is 15.9 Å². The third-order valence-corrected chi connectivity index (χ3v) is 3.24. The second-order valence-electron chi connectivity index (χ2n) is 3.73. The predicted octanol–water partition coefficient (Wildman–Crippen LogP) is 5.00. The lowest BCUT2D eigenvalue weighted by Gasteiger charge is -1.98. The minimum absolute atomic E-state index is 0.0967. The Bertz CT molecular complexity index is 605. The van der Waals surface area contributed by atoms with Gasteiger partial charge in [-0.1, -0.05) is 57.9 Å². The highest BCUT2D eigenvalue weighted by Gasteiger charge is 2.05. The molecule has 0 aliphatic heterocycles. The molecule has 0 N–H and O–H groups in total. The molecule has 18 heavy (non-hydrogen) atoms. The first-order valence-corrected chi connectivity index (χ1v) is 6.56. The molecule has 0 atom stereocenters. The molecule has 0 aromatic heterocycles. The number of allylic oxidation sites excluding steroid dienone is 1. The van der Waals surface area contributed by atoms with Crippen LogP contribution < -0.4 is 0 Å². The Hall–Kier alpha value is -1.38. The zero-order chi connectivity index (χ0) is 13.0. The van der Waals surface area contributed by atoms with Crippen LogP contribution in [0.2, 0.25) is 5.02 Å². The van der Waals surface area contributed by atoms with Gasteiger partial charge in [0.2, 0.25) is 0 Å². The van der Waals surface area contributed by atoms with Crippen molar-refractivity contribution in [3.63, 3.8) is 0 Å². The molecule has 2 aromatic rings. The molecule has 0 saturated heterocycles. The molecule has 0 aliphatic carbocycles. The van der Waals surface area contributed by atoms with Gasteiger partial charge in [-0.15, -0.1) is 0 Å². The summed E-state index contributed by atoms with van der Waals surface area (Å²) in [6.45, 7) is 0. The van der Waals surface area contributed by atoms with E-state index in [1.807, 2.05) is 24.3 Å². The van der Waals surface area contributed by atoms with Crippen molar-refractivity contribution in [2.75, 3.05) is 0 Å². The lowest BCUT2D eigenvalue weighted by atomic mass is 10.1. The van der Waals surface area contributed by atoms with Crippen LogP contribution in [0, 0.1) is 0 Å². The average Bonchev–Trinajstić information content (AvgIpc) is 2.37. The number of ketones is 1. The minimum Gasteiger partial charge on any atom is -0.289 e. The van der Waals surface area contributed by atoms with Crippen molar-refractivity contribution < 1.29 is 4.79 Å². The van der Waals surface area contributed by atoms with Crippen LogP contribution >= 0.6 is 27.5 Å². The van der Waals surface area contributed by atoms with E-state index in [0.29, 0.717) is 10.6 Å². The molecule has 0 aliphatic rings. The Balaban J connectivity index is 2.20. The summed E-state index contributed by atoms with van der Waals surface area (Å²) in [6, 6.07) is 14.8. The molecule has 3 heteroatoms. The third kappa shape index (κ3) is 3.31. The smallest absolute Gasteiger partial charge is 0.187 e. The predicted molar refractivity (Wildman–Crippen MR) is 79.0 cm³/mol. The summed E-state index contributed by atoms with van der Waals surface area (Å²) < 4.78 is 0.981. The van der Waals surface area contributed by atoms with Gasteiger partial charge >= 0.3 is 0 Å². The highest BCUT2D eigenvalue weighted by atomic mass is 79.9. The van der Waals surface area contributed by atoms with E-state index in [1.54, 1.807) is 30.3 Å². The maximum atomic E-state index is 11.9. The molecule has 2 rings (SSSR count). The van der Waals surface area contributed by atoms with Crippen molar-refractivity contribution in [2.45, 2.75) is 0 Å². The van der Waals surface area contributed by atoms with Crippen molar-refractivity contribution in [2.24, 2.45) is 0 Å². The molecule has 0 heterocycles. The molecule has 0 fully saturated rings. The van der Waals surface area contributed by atoms with Crippen molar-refractivity contribution in [3.05, 3.63) is 75.2 Å². The van der Waals surface area contributed by atoms with E-state index >= 15 is 0 Å². The number of hydrogen-bond acceptors (Lipinski definition) is 1. The molecule has 0 amide bonds. The van der Waals surface area contributed by atoms with Gasteiger partial charge in [0.1, 0.15) is 0 Å². The van der Waals surface area contributed by atoms with Crippen LogP contribution in [0.5, 0.6) is 0 Å². The molecule has 90 valence electrons. The van der Waals surface area contributed by atoms with Crippen LogP contribution in [0.25, 0.3) is 6.08 Å². The first-order valence-electron chi connectivity index (χ1n) is 5.39. The maximum absolute atomic E-state index is 11.9. The van der Waals surface area contributed by atoms with Crippen molar-refractivity contribution in [1.82, 2.24) is 0 Å². The van der Waals surface area contributed by atoms with E-state index in [0.717, 1.165) is 10.0 Å². The van der Waals surface area contributed by atoms with Gasteiger partial charge in [0.25, 0.3) is 0 Å². The van der Waals surface area contributed by atoms with Gasteiger partial charge in [0.15, 0.2) is 5.78 Å². The van der Waals surface area contributed by atoms with Crippen LogP contribution in [-0.2, 0) is 0 Å². The minimum atomic E-state index is -0.0967. The van der Waals surface area contributed by atoms with Gasteiger partial charge < -0.3 is 0 Å². The zero-order valence-electron chi connectivity index (χ0n) is 9.44. The van der Waals surface area contributed by atoms with Crippen LogP contribution in [0.4, 0.5) is 0 Å². The van der Waals surface area contributed by atoms with Crippen molar-refractivity contribution in [1.29, 1.82) is 0 Å². The number of benzene rings is 2. The van der Waals surface area contributed by atoms with Crippen LogP contribution in [0.15, 0.2) is 59.1 Å². The Morgan fingerprint density at radius 1 is 1.11 bits per heavy atom. The quantitative estimate of drug-likeness (QED) is 0.574. The Morgan fingerprint density at radius 3 is 2.61 bits per heavy atom. The summed E-state index contributed by atoms with van der Waals surface area (Å²) in [5.41, 5.74) is 1.48. The monoisotopic (exact) mass is 320 g/mol. The van der Waals surface area contributed by atoms with E-state index in [9.17, 15) is 4.79 Å². The van der Waals surface area contributed by atoms with E-state index in [-0.39, 0.29) is 5.78 Å². The molecule has 0 unspecified atom stereocenters. The number of carbonyl (C=O) groups excluding carboxylic acids is 1. The Labute approximate surface area is 119 Å². The van der Waals surface area contributed by atoms with Gasteiger partial charge in [0, 0.05) is 10.0 Å². The Morgan fingerprint density at radius 2 is 1.89 bits per heavy atom. The highest BCUT2D eigenvalue weighted by molar-refractivity contribution is 9.10. The normalized spacial score (nSPS) is 10.8. The molecular formula is C15H10BrClO. The van der Waals surface area contributed by atoms with Gasteiger partial charge in [0.05, 0.1) is 5.02 Å². The van der Waals surface area contributed by atoms with E-state index < -0.39 is 0 Å². The van der Waals surface area contributed by atoms with Gasteiger partial charge in [-0.2, -0.15) is 0 Å². The fourth-order valence-corrected chi connectivity index (χ4v) is 2.18. The molecule has 0 bridgehead atoms. The van der Waals surface area contributed by atoms with E-state index in [1.165, 1.54) is 6.08 Å². The summed E-state index contributed by atoms with van der Waals surface area (Å²) in [4.78, 5) is 11.9. The molecule has 0 spiro atoms. The molecular weight excluding hydrogens is 312 g/mol. The fourth-order valence-electron chi connectivity index (χ4n) is 1.53. The maximum Gasteiger partial charge on any atom is 0.187 e. The van der Waals surface area contributed by atoms with Crippen molar-refractivity contribution >= 4 is 39.4 Å². The standard InChI is InChI=1S/C15H10BrClO/c16-12-5-3-4-11(10-12)8-9-15(18)13-6-1-2-7-14(13)17/h1-10H. The summed E-state index contributed by atoms with van der Waals surface area (Å²) >= 11 is 9.35. The number of hydrogen-bond donors (Lipinski definition) is 0. The van der Waals surface area contributed by atoms with E-state index in [4.69, 9.17) is 11.6 Å². The lowest BCUT2D eigenvalue weighted by molar-refractivity contribution is 0.104. The van der Waals surface area contributed by atoms with Gasteiger partial charge in [-0.05, 0) is 35.9 Å². The van der Waals surface area contributed by atoms with Crippen LogP contribution in [0.3, 0.4) is 0 Å². The van der Waals surface area contributed by atoms with Crippen LogP contribution in [0.1, 0.15) is 15.9 Å². The second-order valence-corrected chi connectivity index (χ2v) is 5.06. The van der Waals surface area contributed by atoms with Gasteiger partial charge in [-0.25, -0.2) is 0 Å². The fraction of sp³-hybridized carbons (Fsp3) is 0. The summed E-state index contributed by atoms with van der Waals surface area (Å²) in [7, 11) is 0. The molecule has 2 aromatic carbocycles. The summed E-state index contributed by atoms with van der Waals surface area (Å²) in [6.07, 6.45) is 3.30. The van der Waals surface area contributed by atoms with Gasteiger partial charge in [-0.3, -0.25) is 4.79 Å². The van der Waals surface area contributed by atoms with Crippen molar-refractivity contribution in [3.8, 4) is 0 Å². The zero-order valence-corrected chi connectivity index (χ0v) is 11.8. The summed E-state index contributed by atoms with van der Waals surface area (Å²) in [5.74, 6) is -0.0967. The first kappa shape index (κ1) is 13.1. The second kappa shape index (κ2) is 5.98. The largest absolute Gasteiger partial charge is 0.289 e. The SMILES string of the molecule is O=C(C=Cc1cccc(Br)c1)c1ccccc1Cl. The molecule has 1 nitrogen and oxygen atoms in total. The molecule has 0 saturated carbocycles. The average molecular weight is 322 g/mol. The third-order valence-electron chi connectivity index (χ3n) is 2.42. The number of carbonyl (C=O) groups is 1. The number of rotatable bonds is 3. The lowest BCUT2D eigenvalue weighted by Crippen LogP contribution is -1.94. The summed E-state index contributed by atoms with van der Waals surface area (Å²) in [5, 5.41) is 0.474. The highest BCUT2D eigenvalue weighted by Crippen LogP contribution is 2.17. The molecule has 0 radical (unpaired) electrons. The van der Waals surface area contributed by atoms with Crippen LogP contribution in [-0.4, -0.2) is 5.78 Å². The first-order chi connectivity index (χ1) is 8.66.